The van der Waals surface area contributed by atoms with Gasteiger partial charge in [-0.05, 0) is 24.1 Å². The van der Waals surface area contributed by atoms with E-state index < -0.39 is 0 Å². The van der Waals surface area contributed by atoms with E-state index in [1.165, 1.54) is 25.7 Å². The van der Waals surface area contributed by atoms with Gasteiger partial charge in [-0.25, -0.2) is 10.8 Å². The first-order chi connectivity index (χ1) is 8.36. The highest BCUT2D eigenvalue weighted by Crippen LogP contribution is 2.08. The Balaban J connectivity index is 2.09. The van der Waals surface area contributed by atoms with Crippen molar-refractivity contribution in [3.05, 3.63) is 23.9 Å². The third kappa shape index (κ3) is 6.24. The molecule has 4 nitrogen and oxygen atoms in total. The minimum Gasteiger partial charge on any atom is -0.377 e. The highest BCUT2D eigenvalue weighted by Gasteiger charge is 1.96. The van der Waals surface area contributed by atoms with Crippen molar-refractivity contribution in [1.29, 1.82) is 0 Å². The summed E-state index contributed by atoms with van der Waals surface area (Å²) in [7, 11) is 0. The van der Waals surface area contributed by atoms with Crippen LogP contribution in [0.1, 0.15) is 44.6 Å². The van der Waals surface area contributed by atoms with Crippen LogP contribution in [0.25, 0.3) is 0 Å². The van der Waals surface area contributed by atoms with Crippen LogP contribution >= 0.6 is 0 Å². The van der Waals surface area contributed by atoms with Gasteiger partial charge in [-0.15, -0.1) is 0 Å². The SMILES string of the molecule is CCCCCCCOCc1ccnc(NN)c1. The predicted octanol–water partition coefficient (Wildman–Crippen LogP) is 2.85. The van der Waals surface area contributed by atoms with E-state index >= 15 is 0 Å². The van der Waals surface area contributed by atoms with Gasteiger partial charge in [0.15, 0.2) is 0 Å². The molecule has 0 aromatic carbocycles. The standard InChI is InChI=1S/C13H23N3O/c1-2-3-4-5-6-9-17-11-12-7-8-15-13(10-12)16-14/h7-8,10H,2-6,9,11,14H2,1H3,(H,15,16). The summed E-state index contributed by atoms with van der Waals surface area (Å²) in [4.78, 5) is 4.04. The highest BCUT2D eigenvalue weighted by molar-refractivity contribution is 5.35. The molecule has 0 aliphatic rings. The van der Waals surface area contributed by atoms with Crippen LogP contribution in [0, 0.1) is 0 Å². The molecule has 0 aliphatic carbocycles. The van der Waals surface area contributed by atoms with E-state index in [0.717, 1.165) is 18.6 Å². The number of nitrogens with zero attached hydrogens (tertiary/aromatic N) is 1. The zero-order valence-corrected chi connectivity index (χ0v) is 10.6. The largest absolute Gasteiger partial charge is 0.377 e. The molecule has 0 radical (unpaired) electrons. The Morgan fingerprint density at radius 3 is 2.88 bits per heavy atom. The fourth-order valence-corrected chi connectivity index (χ4v) is 1.64. The molecule has 0 bridgehead atoms. The number of aromatic nitrogens is 1. The van der Waals surface area contributed by atoms with Gasteiger partial charge in [-0.2, -0.15) is 0 Å². The quantitative estimate of drug-likeness (QED) is 0.394. The van der Waals surface area contributed by atoms with Gasteiger partial charge in [-0.1, -0.05) is 32.6 Å². The highest BCUT2D eigenvalue weighted by atomic mass is 16.5. The molecule has 3 N–H and O–H groups in total. The van der Waals surface area contributed by atoms with Crippen LogP contribution < -0.4 is 11.3 Å². The third-order valence-electron chi connectivity index (χ3n) is 2.63. The first-order valence-electron chi connectivity index (χ1n) is 6.36. The number of rotatable bonds is 9. The molecule has 1 aromatic rings. The van der Waals surface area contributed by atoms with E-state index in [0.29, 0.717) is 12.4 Å². The van der Waals surface area contributed by atoms with E-state index in [1.54, 1.807) is 6.20 Å². The van der Waals surface area contributed by atoms with Crippen LogP contribution in [0.15, 0.2) is 18.3 Å². The topological polar surface area (TPSA) is 60.2 Å². The van der Waals surface area contributed by atoms with E-state index in [2.05, 4.69) is 17.3 Å². The van der Waals surface area contributed by atoms with Crippen LogP contribution in [0.4, 0.5) is 5.82 Å². The third-order valence-corrected chi connectivity index (χ3v) is 2.63. The fourth-order valence-electron chi connectivity index (χ4n) is 1.64. The summed E-state index contributed by atoms with van der Waals surface area (Å²) in [5.41, 5.74) is 3.62. The first-order valence-corrected chi connectivity index (χ1v) is 6.36. The summed E-state index contributed by atoms with van der Waals surface area (Å²) < 4.78 is 5.60. The van der Waals surface area contributed by atoms with Crippen LogP contribution in [0.3, 0.4) is 0 Å². The Bertz CT molecular complexity index is 304. The summed E-state index contributed by atoms with van der Waals surface area (Å²) >= 11 is 0. The molecule has 0 spiro atoms. The van der Waals surface area contributed by atoms with E-state index in [-0.39, 0.29) is 0 Å². The zero-order chi connectivity index (χ0) is 12.3. The van der Waals surface area contributed by atoms with Crippen molar-refractivity contribution in [1.82, 2.24) is 4.98 Å². The fraction of sp³-hybridized carbons (Fsp3) is 0.615. The second-order valence-electron chi connectivity index (χ2n) is 4.16. The lowest BCUT2D eigenvalue weighted by molar-refractivity contribution is 0.116. The molecular weight excluding hydrogens is 214 g/mol. The molecule has 0 atom stereocenters. The predicted molar refractivity (Wildman–Crippen MR) is 70.5 cm³/mol. The van der Waals surface area contributed by atoms with Gasteiger partial charge in [0.05, 0.1) is 6.61 Å². The number of hydrazine groups is 1. The molecule has 0 saturated carbocycles. The van der Waals surface area contributed by atoms with Gasteiger partial charge in [0.2, 0.25) is 0 Å². The average Bonchev–Trinajstić information content (AvgIpc) is 2.38. The Morgan fingerprint density at radius 1 is 1.29 bits per heavy atom. The summed E-state index contributed by atoms with van der Waals surface area (Å²) in [6.07, 6.45) is 8.07. The number of nitrogen functional groups attached to an aromatic ring is 1. The van der Waals surface area contributed by atoms with Crippen LogP contribution in [0.2, 0.25) is 0 Å². The Hall–Kier alpha value is -1.13. The lowest BCUT2D eigenvalue weighted by atomic mass is 10.2. The van der Waals surface area contributed by atoms with Crippen molar-refractivity contribution in [2.45, 2.75) is 45.6 Å². The number of hydrogen-bond acceptors (Lipinski definition) is 4. The van der Waals surface area contributed by atoms with Crippen molar-refractivity contribution in [2.24, 2.45) is 5.84 Å². The smallest absolute Gasteiger partial charge is 0.140 e. The number of nitrogens with one attached hydrogen (secondary N) is 1. The van der Waals surface area contributed by atoms with Gasteiger partial charge in [0.1, 0.15) is 5.82 Å². The molecular formula is C13H23N3O. The monoisotopic (exact) mass is 237 g/mol. The minimum atomic E-state index is 0.630. The molecule has 17 heavy (non-hydrogen) atoms. The molecule has 0 saturated heterocycles. The zero-order valence-electron chi connectivity index (χ0n) is 10.6. The molecule has 1 heterocycles. The first kappa shape index (κ1) is 13.9. The molecule has 1 aromatic heterocycles. The van der Waals surface area contributed by atoms with Gasteiger partial charge in [-0.3, -0.25) is 0 Å². The lowest BCUT2D eigenvalue weighted by Crippen LogP contribution is -2.08. The molecule has 4 heteroatoms. The number of ether oxygens (including phenoxy) is 1. The van der Waals surface area contributed by atoms with E-state index in [9.17, 15) is 0 Å². The van der Waals surface area contributed by atoms with Gasteiger partial charge in [0.25, 0.3) is 0 Å². The Morgan fingerprint density at radius 2 is 2.12 bits per heavy atom. The number of hydrogen-bond donors (Lipinski definition) is 2. The van der Waals surface area contributed by atoms with Crippen LogP contribution in [0.5, 0.6) is 0 Å². The van der Waals surface area contributed by atoms with Crippen molar-refractivity contribution < 1.29 is 4.74 Å². The van der Waals surface area contributed by atoms with Crippen LogP contribution in [-0.4, -0.2) is 11.6 Å². The summed E-state index contributed by atoms with van der Waals surface area (Å²) in [5, 5.41) is 0. The van der Waals surface area contributed by atoms with E-state index in [1.807, 2.05) is 12.1 Å². The van der Waals surface area contributed by atoms with Gasteiger partial charge in [0, 0.05) is 12.8 Å². The number of anilines is 1. The minimum absolute atomic E-state index is 0.630. The maximum absolute atomic E-state index is 5.60. The molecule has 1 rings (SSSR count). The summed E-state index contributed by atoms with van der Waals surface area (Å²) in [6.45, 7) is 3.69. The van der Waals surface area contributed by atoms with Crippen molar-refractivity contribution in [3.8, 4) is 0 Å². The van der Waals surface area contributed by atoms with Gasteiger partial charge >= 0.3 is 0 Å². The van der Waals surface area contributed by atoms with Crippen molar-refractivity contribution in [2.75, 3.05) is 12.0 Å². The molecule has 0 unspecified atom stereocenters. The Labute approximate surface area is 104 Å². The van der Waals surface area contributed by atoms with Gasteiger partial charge < -0.3 is 10.2 Å². The second kappa shape index (κ2) is 8.96. The van der Waals surface area contributed by atoms with Crippen LogP contribution in [-0.2, 0) is 11.3 Å². The molecule has 0 aliphatic heterocycles. The maximum Gasteiger partial charge on any atom is 0.140 e. The molecule has 96 valence electrons. The molecule has 0 fully saturated rings. The number of nitrogens with two attached hydrogens (primary N) is 1. The summed E-state index contributed by atoms with van der Waals surface area (Å²) in [6, 6.07) is 3.84. The number of unbranched alkanes of at least 4 members (excludes halogenated alkanes) is 4. The summed E-state index contributed by atoms with van der Waals surface area (Å²) in [5.74, 6) is 5.96. The average molecular weight is 237 g/mol. The second-order valence-corrected chi connectivity index (χ2v) is 4.16. The lowest BCUT2D eigenvalue weighted by Gasteiger charge is -2.05. The normalized spacial score (nSPS) is 10.5. The number of pyridine rings is 1. The van der Waals surface area contributed by atoms with E-state index in [4.69, 9.17) is 10.6 Å². The maximum atomic E-state index is 5.60. The molecule has 0 amide bonds. The Kier molecular flexibility index (Phi) is 7.34. The van der Waals surface area contributed by atoms with Crippen molar-refractivity contribution >= 4 is 5.82 Å². The van der Waals surface area contributed by atoms with Crippen molar-refractivity contribution in [3.63, 3.8) is 0 Å².